The van der Waals surface area contributed by atoms with Gasteiger partial charge in [0, 0.05) is 19.6 Å². The molecule has 1 aliphatic rings. The van der Waals surface area contributed by atoms with E-state index in [9.17, 15) is 0 Å². The molecule has 0 aromatic rings. The van der Waals surface area contributed by atoms with Gasteiger partial charge in [0.05, 0.1) is 0 Å². The Labute approximate surface area is 106 Å². The van der Waals surface area contributed by atoms with Crippen molar-refractivity contribution in [2.24, 2.45) is 10.4 Å². The Morgan fingerprint density at radius 1 is 1.29 bits per heavy atom. The molecule has 0 aromatic carbocycles. The van der Waals surface area contributed by atoms with Gasteiger partial charge in [-0.2, -0.15) is 0 Å². The summed E-state index contributed by atoms with van der Waals surface area (Å²) >= 11 is 0. The summed E-state index contributed by atoms with van der Waals surface area (Å²) in [6, 6.07) is 0. The molecule has 0 heterocycles. The van der Waals surface area contributed by atoms with E-state index in [0.29, 0.717) is 5.41 Å². The van der Waals surface area contributed by atoms with Gasteiger partial charge in [-0.05, 0) is 31.6 Å². The first kappa shape index (κ1) is 14.1. The first-order valence-electron chi connectivity index (χ1n) is 6.89. The lowest BCUT2D eigenvalue weighted by Gasteiger charge is -2.25. The smallest absolute Gasteiger partial charge is 0.191 e. The van der Waals surface area contributed by atoms with E-state index in [2.05, 4.69) is 31.1 Å². The van der Waals surface area contributed by atoms with Crippen LogP contribution in [0, 0.1) is 5.41 Å². The van der Waals surface area contributed by atoms with Crippen LogP contribution in [-0.4, -0.2) is 25.6 Å². The largest absolute Gasteiger partial charge is 0.357 e. The van der Waals surface area contributed by atoms with Gasteiger partial charge >= 0.3 is 0 Å². The molecule has 2 N–H and O–H groups in total. The number of hydrogen-bond donors (Lipinski definition) is 2. The molecule has 17 heavy (non-hydrogen) atoms. The maximum Gasteiger partial charge on any atom is 0.191 e. The van der Waals surface area contributed by atoms with Crippen LogP contribution in [0.1, 0.15) is 46.0 Å². The SMILES string of the molecule is C=CCNC(=NCC1(CC)CCCC1)NCC. The third-order valence-corrected chi connectivity index (χ3v) is 3.74. The number of nitrogens with zero attached hydrogens (tertiary/aromatic N) is 1. The fourth-order valence-electron chi connectivity index (χ4n) is 2.51. The highest BCUT2D eigenvalue weighted by molar-refractivity contribution is 5.79. The predicted molar refractivity (Wildman–Crippen MR) is 75.4 cm³/mol. The fourth-order valence-corrected chi connectivity index (χ4v) is 2.51. The fraction of sp³-hybridized carbons (Fsp3) is 0.786. The molecule has 98 valence electrons. The Morgan fingerprint density at radius 3 is 2.53 bits per heavy atom. The highest BCUT2D eigenvalue weighted by atomic mass is 15.2. The molecule has 0 radical (unpaired) electrons. The van der Waals surface area contributed by atoms with Crippen LogP contribution in [0.25, 0.3) is 0 Å². The van der Waals surface area contributed by atoms with Crippen LogP contribution in [0.5, 0.6) is 0 Å². The maximum absolute atomic E-state index is 4.72. The number of aliphatic imine (C=N–C) groups is 1. The minimum absolute atomic E-state index is 0.469. The van der Waals surface area contributed by atoms with Gasteiger partial charge in [0.15, 0.2) is 5.96 Å². The summed E-state index contributed by atoms with van der Waals surface area (Å²) in [6.07, 6.45) is 8.54. The standard InChI is InChI=1S/C14H27N3/c1-4-11-16-13(15-6-3)17-12-14(5-2)9-7-8-10-14/h4H,1,5-12H2,2-3H3,(H2,15,16,17). The van der Waals surface area contributed by atoms with Crippen molar-refractivity contribution in [3.63, 3.8) is 0 Å². The average molecular weight is 237 g/mol. The summed E-state index contributed by atoms with van der Waals surface area (Å²) in [7, 11) is 0. The highest BCUT2D eigenvalue weighted by Gasteiger charge is 2.31. The average Bonchev–Trinajstić information content (AvgIpc) is 2.82. The van der Waals surface area contributed by atoms with Gasteiger partial charge in [-0.15, -0.1) is 6.58 Å². The van der Waals surface area contributed by atoms with Crippen LogP contribution in [0.4, 0.5) is 0 Å². The van der Waals surface area contributed by atoms with Crippen molar-refractivity contribution >= 4 is 5.96 Å². The Hall–Kier alpha value is -0.990. The highest BCUT2D eigenvalue weighted by Crippen LogP contribution is 2.41. The van der Waals surface area contributed by atoms with Gasteiger partial charge < -0.3 is 10.6 Å². The zero-order chi connectivity index (χ0) is 12.6. The maximum atomic E-state index is 4.72. The lowest BCUT2D eigenvalue weighted by Crippen LogP contribution is -2.38. The molecule has 1 rings (SSSR count). The zero-order valence-electron chi connectivity index (χ0n) is 11.4. The van der Waals surface area contributed by atoms with Gasteiger partial charge in [-0.25, -0.2) is 0 Å². The second-order valence-corrected chi connectivity index (χ2v) is 4.93. The normalized spacial score (nSPS) is 19.1. The molecule has 0 aliphatic heterocycles. The van der Waals surface area contributed by atoms with E-state index in [1.807, 2.05) is 6.08 Å². The van der Waals surface area contributed by atoms with Crippen LogP contribution in [0.3, 0.4) is 0 Å². The molecule has 0 aromatic heterocycles. The van der Waals surface area contributed by atoms with E-state index in [1.54, 1.807) is 0 Å². The van der Waals surface area contributed by atoms with Gasteiger partial charge in [0.2, 0.25) is 0 Å². The molecule has 3 heteroatoms. The van der Waals surface area contributed by atoms with Crippen molar-refractivity contribution in [1.29, 1.82) is 0 Å². The van der Waals surface area contributed by atoms with Gasteiger partial charge in [-0.3, -0.25) is 4.99 Å². The molecular weight excluding hydrogens is 210 g/mol. The molecule has 1 fully saturated rings. The van der Waals surface area contributed by atoms with Gasteiger partial charge in [0.25, 0.3) is 0 Å². The summed E-state index contributed by atoms with van der Waals surface area (Å²) in [4.78, 5) is 4.72. The Kier molecular flexibility index (Phi) is 6.09. The number of hydrogen-bond acceptors (Lipinski definition) is 1. The minimum atomic E-state index is 0.469. The van der Waals surface area contributed by atoms with Crippen LogP contribution in [0.2, 0.25) is 0 Å². The van der Waals surface area contributed by atoms with Crippen molar-refractivity contribution < 1.29 is 0 Å². The third-order valence-electron chi connectivity index (χ3n) is 3.74. The third kappa shape index (κ3) is 4.41. The van der Waals surface area contributed by atoms with Gasteiger partial charge in [-0.1, -0.05) is 25.8 Å². The number of guanidine groups is 1. The molecule has 0 saturated heterocycles. The Morgan fingerprint density at radius 2 is 2.00 bits per heavy atom. The van der Waals surface area contributed by atoms with Crippen LogP contribution in [-0.2, 0) is 0 Å². The molecule has 1 saturated carbocycles. The van der Waals surface area contributed by atoms with Crippen molar-refractivity contribution in [2.45, 2.75) is 46.0 Å². The van der Waals surface area contributed by atoms with E-state index < -0.39 is 0 Å². The van der Waals surface area contributed by atoms with Crippen molar-refractivity contribution in [3.8, 4) is 0 Å². The molecule has 0 bridgehead atoms. The summed E-state index contributed by atoms with van der Waals surface area (Å²) in [6.45, 7) is 10.7. The van der Waals surface area contributed by atoms with Crippen molar-refractivity contribution in [3.05, 3.63) is 12.7 Å². The van der Waals surface area contributed by atoms with Gasteiger partial charge in [0.1, 0.15) is 0 Å². The molecule has 0 atom stereocenters. The summed E-state index contributed by atoms with van der Waals surface area (Å²) in [5.41, 5.74) is 0.469. The molecule has 1 aliphatic carbocycles. The molecule has 0 unspecified atom stereocenters. The van der Waals surface area contributed by atoms with Crippen LogP contribution < -0.4 is 10.6 Å². The molecule has 0 spiro atoms. The van der Waals surface area contributed by atoms with Crippen molar-refractivity contribution in [1.82, 2.24) is 10.6 Å². The summed E-state index contributed by atoms with van der Waals surface area (Å²) < 4.78 is 0. The molecule has 0 amide bonds. The van der Waals surface area contributed by atoms with E-state index in [4.69, 9.17) is 4.99 Å². The predicted octanol–water partition coefficient (Wildman–Crippen LogP) is 2.70. The first-order valence-corrected chi connectivity index (χ1v) is 6.89. The van der Waals surface area contributed by atoms with E-state index in [1.165, 1.54) is 32.1 Å². The number of nitrogens with one attached hydrogen (secondary N) is 2. The second-order valence-electron chi connectivity index (χ2n) is 4.93. The minimum Gasteiger partial charge on any atom is -0.357 e. The Balaban J connectivity index is 2.53. The van der Waals surface area contributed by atoms with E-state index in [0.717, 1.165) is 25.6 Å². The summed E-state index contributed by atoms with van der Waals surface area (Å²) in [5.74, 6) is 0.923. The lowest BCUT2D eigenvalue weighted by atomic mass is 9.84. The quantitative estimate of drug-likeness (QED) is 0.423. The first-order chi connectivity index (χ1) is 8.26. The van der Waals surface area contributed by atoms with Crippen LogP contribution in [0.15, 0.2) is 17.6 Å². The van der Waals surface area contributed by atoms with E-state index in [-0.39, 0.29) is 0 Å². The van der Waals surface area contributed by atoms with Crippen LogP contribution >= 0.6 is 0 Å². The van der Waals surface area contributed by atoms with E-state index >= 15 is 0 Å². The monoisotopic (exact) mass is 237 g/mol. The molecule has 3 nitrogen and oxygen atoms in total. The molecular formula is C14H27N3. The topological polar surface area (TPSA) is 36.4 Å². The summed E-state index contributed by atoms with van der Waals surface area (Å²) in [5, 5.41) is 6.53. The van der Waals surface area contributed by atoms with Crippen molar-refractivity contribution in [2.75, 3.05) is 19.6 Å². The lowest BCUT2D eigenvalue weighted by molar-refractivity contribution is 0.297. The Bertz CT molecular complexity index is 252. The zero-order valence-corrected chi connectivity index (χ0v) is 11.4. The second kappa shape index (κ2) is 7.36. The number of rotatable bonds is 6.